The molecule has 0 fully saturated rings. The number of methoxy groups -OCH3 is 1. The van der Waals surface area contributed by atoms with E-state index in [9.17, 15) is 0 Å². The average Bonchev–Trinajstić information content (AvgIpc) is 2.39. The van der Waals surface area contributed by atoms with Gasteiger partial charge in [-0.15, -0.1) is 0 Å². The molecule has 0 saturated carbocycles. The largest absolute Gasteiger partial charge is 0.496 e. The van der Waals surface area contributed by atoms with E-state index in [1.165, 1.54) is 0 Å². The Hall–Kier alpha value is -1.68. The highest BCUT2D eigenvalue weighted by Gasteiger charge is 2.08. The van der Waals surface area contributed by atoms with E-state index >= 15 is 0 Å². The minimum absolute atomic E-state index is 0.770. The molecule has 4 heteroatoms. The summed E-state index contributed by atoms with van der Waals surface area (Å²) in [6, 6.07) is 13.9. The smallest absolute Gasteiger partial charge is 0.123 e. The van der Waals surface area contributed by atoms with Gasteiger partial charge < -0.3 is 15.4 Å². The molecule has 0 aliphatic carbocycles. The van der Waals surface area contributed by atoms with Crippen molar-refractivity contribution in [3.05, 3.63) is 52.5 Å². The van der Waals surface area contributed by atoms with E-state index in [1.807, 2.05) is 43.4 Å². The maximum atomic E-state index is 5.70. The minimum Gasteiger partial charge on any atom is -0.496 e. The van der Waals surface area contributed by atoms with Gasteiger partial charge in [0.25, 0.3) is 0 Å². The molecule has 0 atom stereocenters. The van der Waals surface area contributed by atoms with E-state index in [4.69, 9.17) is 10.5 Å². The summed E-state index contributed by atoms with van der Waals surface area (Å²) in [5.74, 6) is 0.894. The van der Waals surface area contributed by atoms with Crippen LogP contribution in [-0.4, -0.2) is 14.2 Å². The summed E-state index contributed by atoms with van der Waals surface area (Å²) in [7, 11) is 3.74. The predicted octanol–water partition coefficient (Wildman–Crippen LogP) is 3.68. The summed E-state index contributed by atoms with van der Waals surface area (Å²) in [6.07, 6.45) is 0. The second-order valence-electron chi connectivity index (χ2n) is 4.40. The fourth-order valence-electron chi connectivity index (χ4n) is 1.95. The highest BCUT2D eigenvalue weighted by molar-refractivity contribution is 9.10. The van der Waals surface area contributed by atoms with Crippen molar-refractivity contribution in [2.24, 2.45) is 0 Å². The Kier molecular flexibility index (Phi) is 4.32. The van der Waals surface area contributed by atoms with Gasteiger partial charge in [0.1, 0.15) is 5.75 Å². The van der Waals surface area contributed by atoms with Crippen LogP contribution in [0, 0.1) is 0 Å². The number of ether oxygens (including phenoxy) is 1. The Balaban J connectivity index is 2.20. The maximum absolute atomic E-state index is 5.70. The highest BCUT2D eigenvalue weighted by atomic mass is 79.9. The molecule has 100 valence electrons. The Morgan fingerprint density at radius 3 is 2.47 bits per heavy atom. The average molecular weight is 321 g/mol. The fraction of sp³-hybridized carbons (Fsp3) is 0.200. The minimum atomic E-state index is 0.770. The van der Waals surface area contributed by atoms with Crippen molar-refractivity contribution in [3.8, 4) is 5.75 Å². The van der Waals surface area contributed by atoms with Crippen molar-refractivity contribution >= 4 is 27.3 Å². The van der Waals surface area contributed by atoms with Crippen LogP contribution in [0.1, 0.15) is 5.56 Å². The molecule has 0 bridgehead atoms. The molecular formula is C15H17BrN2O. The Labute approximate surface area is 122 Å². The quantitative estimate of drug-likeness (QED) is 0.873. The zero-order chi connectivity index (χ0) is 13.8. The van der Waals surface area contributed by atoms with Crippen LogP contribution in [0.2, 0.25) is 0 Å². The van der Waals surface area contributed by atoms with Crippen LogP contribution in [0.3, 0.4) is 0 Å². The molecule has 0 amide bonds. The van der Waals surface area contributed by atoms with Gasteiger partial charge in [-0.25, -0.2) is 0 Å². The van der Waals surface area contributed by atoms with Gasteiger partial charge in [0.05, 0.1) is 7.11 Å². The van der Waals surface area contributed by atoms with Gasteiger partial charge in [0.2, 0.25) is 0 Å². The molecule has 0 aliphatic rings. The van der Waals surface area contributed by atoms with E-state index in [0.29, 0.717) is 0 Å². The van der Waals surface area contributed by atoms with Crippen molar-refractivity contribution < 1.29 is 4.74 Å². The van der Waals surface area contributed by atoms with Gasteiger partial charge in [-0.05, 0) is 42.5 Å². The van der Waals surface area contributed by atoms with E-state index in [1.54, 1.807) is 7.11 Å². The molecule has 19 heavy (non-hydrogen) atoms. The van der Waals surface area contributed by atoms with Crippen molar-refractivity contribution in [1.29, 1.82) is 0 Å². The Morgan fingerprint density at radius 2 is 1.84 bits per heavy atom. The van der Waals surface area contributed by atoms with E-state index in [-0.39, 0.29) is 0 Å². The van der Waals surface area contributed by atoms with Crippen molar-refractivity contribution in [2.45, 2.75) is 6.54 Å². The van der Waals surface area contributed by atoms with Crippen LogP contribution in [-0.2, 0) is 6.54 Å². The number of benzene rings is 2. The normalized spacial score (nSPS) is 10.3. The lowest BCUT2D eigenvalue weighted by Gasteiger charge is -2.21. The molecule has 0 aliphatic heterocycles. The van der Waals surface area contributed by atoms with Crippen molar-refractivity contribution in [2.75, 3.05) is 24.8 Å². The molecule has 0 saturated heterocycles. The topological polar surface area (TPSA) is 38.5 Å². The first-order valence-electron chi connectivity index (χ1n) is 5.99. The van der Waals surface area contributed by atoms with Crippen LogP contribution in [0.4, 0.5) is 11.4 Å². The summed E-state index contributed by atoms with van der Waals surface area (Å²) >= 11 is 3.49. The Bertz CT molecular complexity index is 555. The number of nitrogens with zero attached hydrogens (tertiary/aromatic N) is 1. The molecule has 2 aromatic rings. The van der Waals surface area contributed by atoms with Gasteiger partial charge in [-0.2, -0.15) is 0 Å². The molecule has 2 aromatic carbocycles. The summed E-state index contributed by atoms with van der Waals surface area (Å²) in [4.78, 5) is 2.16. The number of hydrogen-bond donors (Lipinski definition) is 1. The summed E-state index contributed by atoms with van der Waals surface area (Å²) in [6.45, 7) is 0.770. The van der Waals surface area contributed by atoms with Gasteiger partial charge in [-0.3, -0.25) is 0 Å². The standard InChI is InChI=1S/C15H17BrN2O/c1-18(14-6-4-13(17)5-7-14)10-11-9-12(16)3-8-15(11)19-2/h3-9H,10,17H2,1-2H3. The third-order valence-corrected chi connectivity index (χ3v) is 3.48. The summed E-state index contributed by atoms with van der Waals surface area (Å²) < 4.78 is 6.44. The van der Waals surface area contributed by atoms with Crippen LogP contribution in [0.5, 0.6) is 5.75 Å². The van der Waals surface area contributed by atoms with Gasteiger partial charge >= 0.3 is 0 Å². The lowest BCUT2D eigenvalue weighted by molar-refractivity contribution is 0.409. The highest BCUT2D eigenvalue weighted by Crippen LogP contribution is 2.26. The lowest BCUT2D eigenvalue weighted by atomic mass is 10.1. The Morgan fingerprint density at radius 1 is 1.16 bits per heavy atom. The predicted molar refractivity (Wildman–Crippen MR) is 83.7 cm³/mol. The van der Waals surface area contributed by atoms with Crippen molar-refractivity contribution in [1.82, 2.24) is 0 Å². The molecule has 0 heterocycles. The number of anilines is 2. The summed E-state index contributed by atoms with van der Waals surface area (Å²) in [5, 5.41) is 0. The maximum Gasteiger partial charge on any atom is 0.123 e. The summed E-state index contributed by atoms with van der Waals surface area (Å²) in [5.41, 5.74) is 8.73. The molecule has 2 N–H and O–H groups in total. The molecular weight excluding hydrogens is 304 g/mol. The first kappa shape index (κ1) is 13.7. The molecule has 0 aromatic heterocycles. The van der Waals surface area contributed by atoms with Crippen LogP contribution < -0.4 is 15.4 Å². The number of hydrogen-bond acceptors (Lipinski definition) is 3. The van der Waals surface area contributed by atoms with Crippen LogP contribution in [0.15, 0.2) is 46.9 Å². The molecule has 0 spiro atoms. The second-order valence-corrected chi connectivity index (χ2v) is 5.32. The number of nitrogen functional groups attached to an aromatic ring is 1. The number of rotatable bonds is 4. The second kappa shape index (κ2) is 5.97. The fourth-order valence-corrected chi connectivity index (χ4v) is 2.35. The van der Waals surface area contributed by atoms with Crippen LogP contribution in [0.25, 0.3) is 0 Å². The molecule has 0 unspecified atom stereocenters. The molecule has 2 rings (SSSR count). The SMILES string of the molecule is COc1ccc(Br)cc1CN(C)c1ccc(N)cc1. The van der Waals surface area contributed by atoms with E-state index < -0.39 is 0 Å². The van der Waals surface area contributed by atoms with Crippen LogP contribution >= 0.6 is 15.9 Å². The first-order valence-corrected chi connectivity index (χ1v) is 6.78. The zero-order valence-electron chi connectivity index (χ0n) is 11.1. The van der Waals surface area contributed by atoms with Gasteiger partial charge in [-0.1, -0.05) is 15.9 Å². The third kappa shape index (κ3) is 3.41. The van der Waals surface area contributed by atoms with Gasteiger partial charge in [0.15, 0.2) is 0 Å². The lowest BCUT2D eigenvalue weighted by Crippen LogP contribution is -2.16. The van der Waals surface area contributed by atoms with Gasteiger partial charge in [0, 0.05) is 35.0 Å². The monoisotopic (exact) mass is 320 g/mol. The zero-order valence-corrected chi connectivity index (χ0v) is 12.6. The molecule has 3 nitrogen and oxygen atoms in total. The third-order valence-electron chi connectivity index (χ3n) is 2.98. The van der Waals surface area contributed by atoms with E-state index in [2.05, 4.69) is 26.9 Å². The van der Waals surface area contributed by atoms with Crippen molar-refractivity contribution in [3.63, 3.8) is 0 Å². The molecule has 0 radical (unpaired) electrons. The number of halogens is 1. The number of nitrogens with two attached hydrogens (primary N) is 1. The van der Waals surface area contributed by atoms with E-state index in [0.717, 1.165) is 33.7 Å². The first-order chi connectivity index (χ1) is 9.10.